The monoisotopic (exact) mass is 358 g/mol. The van der Waals surface area contributed by atoms with Crippen LogP contribution < -0.4 is 9.47 Å². The maximum atomic E-state index is 5.64. The molecule has 0 aliphatic heterocycles. The number of aromatic amines is 1. The van der Waals surface area contributed by atoms with Gasteiger partial charge in [-0.15, -0.1) is 0 Å². The van der Waals surface area contributed by atoms with Gasteiger partial charge in [0.1, 0.15) is 12.4 Å². The van der Waals surface area contributed by atoms with E-state index in [1.165, 1.54) is 0 Å². The van der Waals surface area contributed by atoms with Crippen LogP contribution in [0.5, 0.6) is 11.5 Å². The average molecular weight is 359 g/mol. The van der Waals surface area contributed by atoms with Crippen LogP contribution in [0.2, 0.25) is 0 Å². The molecule has 112 valence electrons. The number of para-hydroxylation sites is 2. The average Bonchev–Trinajstić information content (AvgIpc) is 2.97. The van der Waals surface area contributed by atoms with Gasteiger partial charge in [-0.05, 0) is 40.2 Å². The smallest absolute Gasteiger partial charge is 0.175 e. The van der Waals surface area contributed by atoms with Crippen LogP contribution >= 0.6 is 15.9 Å². The summed E-state index contributed by atoms with van der Waals surface area (Å²) in [5.41, 5.74) is 2.85. The molecular weight excluding hydrogens is 344 g/mol. The van der Waals surface area contributed by atoms with Crippen molar-refractivity contribution in [3.63, 3.8) is 0 Å². The van der Waals surface area contributed by atoms with Gasteiger partial charge in [0.2, 0.25) is 0 Å². The summed E-state index contributed by atoms with van der Waals surface area (Å²) in [5.74, 6) is 2.09. The quantitative estimate of drug-likeness (QED) is 0.679. The first-order chi connectivity index (χ1) is 10.7. The van der Waals surface area contributed by atoms with Crippen molar-refractivity contribution >= 4 is 27.0 Å². The number of imidazole rings is 1. The highest BCUT2D eigenvalue weighted by atomic mass is 79.9. The van der Waals surface area contributed by atoms with Crippen LogP contribution in [0.1, 0.15) is 0 Å². The van der Waals surface area contributed by atoms with Crippen LogP contribution in [0, 0.1) is 0 Å². The first-order valence-corrected chi connectivity index (χ1v) is 7.58. The maximum Gasteiger partial charge on any atom is 0.175 e. The van der Waals surface area contributed by atoms with Crippen LogP contribution in [-0.2, 0) is 0 Å². The second-order valence-electron chi connectivity index (χ2n) is 4.69. The number of hydrogen-bond acceptors (Lipinski definition) is 3. The predicted molar refractivity (Wildman–Crippen MR) is 91.5 cm³/mol. The molecule has 1 N–H and O–H groups in total. The predicted octanol–water partition coefficient (Wildman–Crippen LogP) is 4.57. The normalized spacial score (nSPS) is 10.6. The van der Waals surface area contributed by atoms with E-state index in [0.717, 1.165) is 26.9 Å². The molecule has 1 heterocycles. The van der Waals surface area contributed by atoms with E-state index in [9.17, 15) is 0 Å². The molecule has 0 fully saturated rings. The van der Waals surface area contributed by atoms with Crippen molar-refractivity contribution in [2.24, 2.45) is 0 Å². The van der Waals surface area contributed by atoms with Crippen LogP contribution in [0.3, 0.4) is 0 Å². The van der Waals surface area contributed by atoms with Crippen molar-refractivity contribution in [2.75, 3.05) is 13.7 Å². The number of fused-ring (bicyclic) bond motifs is 1. The standard InChI is InChI=1S/C17H15BrN2O2/c1-3-8-22-16-12(18)9-11(10-15(16)21-2)17-19-13-6-4-5-7-14(13)20-17/h3-7,9-10H,1,8H2,2H3,(H,19,20). The first kappa shape index (κ1) is 14.7. The van der Waals surface area contributed by atoms with Crippen LogP contribution in [0.25, 0.3) is 22.4 Å². The molecule has 0 bridgehead atoms. The van der Waals surface area contributed by atoms with E-state index < -0.39 is 0 Å². The van der Waals surface area contributed by atoms with Gasteiger partial charge >= 0.3 is 0 Å². The summed E-state index contributed by atoms with van der Waals surface area (Å²) >= 11 is 3.53. The van der Waals surface area contributed by atoms with Gasteiger partial charge in [0.05, 0.1) is 22.6 Å². The zero-order valence-electron chi connectivity index (χ0n) is 12.1. The Bertz CT molecular complexity index is 794. The molecule has 0 amide bonds. The van der Waals surface area contributed by atoms with Crippen molar-refractivity contribution in [3.05, 3.63) is 53.5 Å². The molecule has 0 saturated carbocycles. The number of methoxy groups -OCH3 is 1. The third-order valence-electron chi connectivity index (χ3n) is 3.24. The first-order valence-electron chi connectivity index (χ1n) is 6.79. The van der Waals surface area contributed by atoms with E-state index >= 15 is 0 Å². The molecule has 0 aliphatic rings. The Hall–Kier alpha value is -2.27. The number of aromatic nitrogens is 2. The molecule has 4 nitrogen and oxygen atoms in total. The van der Waals surface area contributed by atoms with Crippen molar-refractivity contribution in [2.45, 2.75) is 0 Å². The highest BCUT2D eigenvalue weighted by Gasteiger charge is 2.14. The van der Waals surface area contributed by atoms with Gasteiger partial charge in [0.15, 0.2) is 11.5 Å². The van der Waals surface area contributed by atoms with Crippen LogP contribution in [-0.4, -0.2) is 23.7 Å². The third-order valence-corrected chi connectivity index (χ3v) is 3.83. The van der Waals surface area contributed by atoms with Gasteiger partial charge < -0.3 is 14.5 Å². The van der Waals surface area contributed by atoms with E-state index in [-0.39, 0.29) is 0 Å². The van der Waals surface area contributed by atoms with Crippen LogP contribution in [0.15, 0.2) is 53.5 Å². The Morgan fingerprint density at radius 2 is 2.14 bits per heavy atom. The fraction of sp³-hybridized carbons (Fsp3) is 0.118. The minimum absolute atomic E-state index is 0.416. The topological polar surface area (TPSA) is 47.1 Å². The summed E-state index contributed by atoms with van der Waals surface area (Å²) in [6.07, 6.45) is 1.69. The molecule has 22 heavy (non-hydrogen) atoms. The zero-order chi connectivity index (χ0) is 15.5. The lowest BCUT2D eigenvalue weighted by atomic mass is 10.2. The van der Waals surface area contributed by atoms with Gasteiger partial charge in [0.25, 0.3) is 0 Å². The molecule has 0 unspecified atom stereocenters. The molecule has 0 radical (unpaired) electrons. The number of nitrogens with zero attached hydrogens (tertiary/aromatic N) is 1. The Balaban J connectivity index is 2.07. The summed E-state index contributed by atoms with van der Waals surface area (Å²) in [4.78, 5) is 7.91. The number of ether oxygens (including phenoxy) is 2. The third kappa shape index (κ3) is 2.72. The summed E-state index contributed by atoms with van der Waals surface area (Å²) < 4.78 is 11.9. The Labute approximate surface area is 136 Å². The number of nitrogens with one attached hydrogen (secondary N) is 1. The molecule has 2 aromatic carbocycles. The van der Waals surface area contributed by atoms with E-state index in [1.807, 2.05) is 36.4 Å². The van der Waals surface area contributed by atoms with Gasteiger partial charge in [-0.2, -0.15) is 0 Å². The molecule has 1 aromatic heterocycles. The van der Waals surface area contributed by atoms with Gasteiger partial charge in [-0.25, -0.2) is 4.98 Å². The lowest BCUT2D eigenvalue weighted by Crippen LogP contribution is -1.98. The minimum atomic E-state index is 0.416. The number of benzene rings is 2. The summed E-state index contributed by atoms with van der Waals surface area (Å²) in [6, 6.07) is 11.8. The molecule has 3 aromatic rings. The largest absolute Gasteiger partial charge is 0.493 e. The molecular formula is C17H15BrN2O2. The summed E-state index contributed by atoms with van der Waals surface area (Å²) in [7, 11) is 1.62. The Kier molecular flexibility index (Phi) is 4.15. The van der Waals surface area contributed by atoms with Gasteiger partial charge in [-0.1, -0.05) is 24.8 Å². The molecule has 0 spiro atoms. The van der Waals surface area contributed by atoms with Crippen molar-refractivity contribution in [1.82, 2.24) is 9.97 Å². The highest BCUT2D eigenvalue weighted by Crippen LogP contribution is 2.39. The highest BCUT2D eigenvalue weighted by molar-refractivity contribution is 9.10. The SMILES string of the molecule is C=CCOc1c(Br)cc(-c2nc3ccccc3[nH]2)cc1OC. The maximum absolute atomic E-state index is 5.64. The summed E-state index contributed by atoms with van der Waals surface area (Å²) in [6.45, 7) is 4.07. The second-order valence-corrected chi connectivity index (χ2v) is 5.55. The summed E-state index contributed by atoms with van der Waals surface area (Å²) in [5, 5.41) is 0. The van der Waals surface area contributed by atoms with Gasteiger partial charge in [0, 0.05) is 5.56 Å². The molecule has 5 heteroatoms. The fourth-order valence-corrected chi connectivity index (χ4v) is 2.78. The molecule has 0 saturated heterocycles. The van der Waals surface area contributed by atoms with E-state index in [0.29, 0.717) is 18.1 Å². The number of rotatable bonds is 5. The molecule has 0 aliphatic carbocycles. The Morgan fingerprint density at radius 1 is 1.32 bits per heavy atom. The zero-order valence-corrected chi connectivity index (χ0v) is 13.7. The number of H-pyrrole nitrogens is 1. The van der Waals surface area contributed by atoms with Crippen molar-refractivity contribution < 1.29 is 9.47 Å². The number of halogens is 1. The lowest BCUT2D eigenvalue weighted by molar-refractivity contribution is 0.324. The van der Waals surface area contributed by atoms with Crippen LogP contribution in [0.4, 0.5) is 0 Å². The van der Waals surface area contributed by atoms with Gasteiger partial charge in [-0.3, -0.25) is 0 Å². The second kappa shape index (κ2) is 6.23. The van der Waals surface area contributed by atoms with Crippen molar-refractivity contribution in [3.8, 4) is 22.9 Å². The fourth-order valence-electron chi connectivity index (χ4n) is 2.23. The van der Waals surface area contributed by atoms with E-state index in [4.69, 9.17) is 9.47 Å². The molecule has 0 atom stereocenters. The van der Waals surface area contributed by atoms with E-state index in [2.05, 4.69) is 32.5 Å². The van der Waals surface area contributed by atoms with Crippen molar-refractivity contribution in [1.29, 1.82) is 0 Å². The molecule has 3 rings (SSSR count). The number of hydrogen-bond donors (Lipinski definition) is 1. The Morgan fingerprint density at radius 3 is 2.86 bits per heavy atom. The minimum Gasteiger partial charge on any atom is -0.493 e. The van der Waals surface area contributed by atoms with E-state index in [1.54, 1.807) is 13.2 Å². The lowest BCUT2D eigenvalue weighted by Gasteiger charge is -2.12.